The molecule has 3 amide bonds. The van der Waals surface area contributed by atoms with Gasteiger partial charge in [-0.1, -0.05) is 0 Å². The maximum Gasteiger partial charge on any atom is 0.327 e. The number of rotatable bonds is 3. The maximum atomic E-state index is 11.8. The van der Waals surface area contributed by atoms with Crippen LogP contribution in [0.4, 0.5) is 4.79 Å². The Morgan fingerprint density at radius 1 is 1.33 bits per heavy atom. The maximum absolute atomic E-state index is 11.8. The molecular formula is C10H18N2O3. The summed E-state index contributed by atoms with van der Waals surface area (Å²) in [5.41, 5.74) is 0. The van der Waals surface area contributed by atoms with Crippen molar-refractivity contribution < 1.29 is 14.7 Å². The van der Waals surface area contributed by atoms with Crippen molar-refractivity contribution in [2.24, 2.45) is 0 Å². The smallest absolute Gasteiger partial charge is 0.327 e. The number of β-amino-alcohol motifs (C(OH)–C–C–N with tert-alkyl or cyclic N) is 1. The van der Waals surface area contributed by atoms with Crippen LogP contribution in [0.5, 0.6) is 0 Å². The standard InChI is InChI=1S/C10H18N2O3/c1-6(2)12-9(14)8(4)11(10(12)15)5-7(3)13/h6-8,13H,5H2,1-4H3. The number of hydrogen-bond donors (Lipinski definition) is 1. The number of aliphatic hydroxyl groups excluding tert-OH is 1. The fraction of sp³-hybridized carbons (Fsp3) is 0.800. The molecule has 0 aliphatic carbocycles. The predicted octanol–water partition coefficient (Wildman–Crippen LogP) is 0.428. The van der Waals surface area contributed by atoms with Crippen LogP contribution < -0.4 is 0 Å². The normalized spacial score (nSPS) is 24.3. The molecule has 86 valence electrons. The average molecular weight is 214 g/mol. The number of aliphatic hydroxyl groups is 1. The Balaban J connectivity index is 2.85. The van der Waals surface area contributed by atoms with E-state index in [9.17, 15) is 14.7 Å². The number of nitrogens with zero attached hydrogens (tertiary/aromatic N) is 2. The Kier molecular flexibility index (Phi) is 3.34. The number of hydrogen-bond acceptors (Lipinski definition) is 3. The number of carbonyl (C=O) groups excluding carboxylic acids is 2. The molecule has 0 saturated carbocycles. The molecule has 1 fully saturated rings. The predicted molar refractivity (Wildman–Crippen MR) is 55.2 cm³/mol. The summed E-state index contributed by atoms with van der Waals surface area (Å²) in [4.78, 5) is 26.2. The molecule has 2 atom stereocenters. The number of amides is 3. The topological polar surface area (TPSA) is 60.9 Å². The van der Waals surface area contributed by atoms with E-state index < -0.39 is 12.1 Å². The second kappa shape index (κ2) is 4.18. The first-order chi connectivity index (χ1) is 6.86. The minimum absolute atomic E-state index is 0.133. The van der Waals surface area contributed by atoms with Crippen LogP contribution in [0.25, 0.3) is 0 Å². The largest absolute Gasteiger partial charge is 0.392 e. The molecule has 0 radical (unpaired) electrons. The molecule has 0 bridgehead atoms. The third kappa shape index (κ3) is 2.12. The average Bonchev–Trinajstić information content (AvgIpc) is 2.29. The fourth-order valence-corrected chi connectivity index (χ4v) is 1.73. The number of carbonyl (C=O) groups is 2. The van der Waals surface area contributed by atoms with Crippen molar-refractivity contribution in [2.75, 3.05) is 6.54 Å². The van der Waals surface area contributed by atoms with Crippen LogP contribution in [0, 0.1) is 0 Å². The second-order valence-corrected chi connectivity index (χ2v) is 4.26. The molecular weight excluding hydrogens is 196 g/mol. The van der Waals surface area contributed by atoms with Crippen LogP contribution in [-0.2, 0) is 4.79 Å². The number of imide groups is 1. The third-order valence-corrected chi connectivity index (χ3v) is 2.49. The Hall–Kier alpha value is -1.10. The fourth-order valence-electron chi connectivity index (χ4n) is 1.73. The zero-order valence-electron chi connectivity index (χ0n) is 9.60. The summed E-state index contributed by atoms with van der Waals surface area (Å²) in [5, 5.41) is 9.24. The van der Waals surface area contributed by atoms with Gasteiger partial charge in [0, 0.05) is 12.6 Å². The van der Waals surface area contributed by atoms with Gasteiger partial charge in [0.15, 0.2) is 0 Å². The molecule has 0 aromatic rings. The minimum atomic E-state index is -0.615. The second-order valence-electron chi connectivity index (χ2n) is 4.26. The lowest BCUT2D eigenvalue weighted by atomic mass is 10.2. The van der Waals surface area contributed by atoms with Gasteiger partial charge in [-0.25, -0.2) is 4.79 Å². The van der Waals surface area contributed by atoms with E-state index in [1.165, 1.54) is 9.80 Å². The van der Waals surface area contributed by atoms with E-state index in [-0.39, 0.29) is 24.5 Å². The van der Waals surface area contributed by atoms with E-state index in [2.05, 4.69) is 0 Å². The van der Waals surface area contributed by atoms with E-state index in [0.29, 0.717) is 0 Å². The van der Waals surface area contributed by atoms with Crippen LogP contribution in [0.3, 0.4) is 0 Å². The molecule has 5 nitrogen and oxygen atoms in total. The summed E-state index contributed by atoms with van der Waals surface area (Å²) in [7, 11) is 0. The summed E-state index contributed by atoms with van der Waals surface area (Å²) in [6, 6.07) is -0.899. The molecule has 1 saturated heterocycles. The van der Waals surface area contributed by atoms with Crippen molar-refractivity contribution in [2.45, 2.75) is 45.9 Å². The molecule has 0 spiro atoms. The highest BCUT2D eigenvalue weighted by Gasteiger charge is 2.43. The Morgan fingerprint density at radius 2 is 1.87 bits per heavy atom. The highest BCUT2D eigenvalue weighted by molar-refractivity contribution is 6.04. The van der Waals surface area contributed by atoms with Gasteiger partial charge in [-0.15, -0.1) is 0 Å². The summed E-state index contributed by atoms with van der Waals surface area (Å²) < 4.78 is 0. The van der Waals surface area contributed by atoms with Crippen molar-refractivity contribution in [3.05, 3.63) is 0 Å². The van der Waals surface area contributed by atoms with Crippen LogP contribution in [0.2, 0.25) is 0 Å². The van der Waals surface area contributed by atoms with Crippen LogP contribution in [0.1, 0.15) is 27.7 Å². The highest BCUT2D eigenvalue weighted by Crippen LogP contribution is 2.19. The van der Waals surface area contributed by atoms with Gasteiger partial charge >= 0.3 is 6.03 Å². The molecule has 0 aromatic heterocycles. The Bertz CT molecular complexity index is 276. The lowest BCUT2D eigenvalue weighted by Gasteiger charge is -2.21. The molecule has 1 heterocycles. The Morgan fingerprint density at radius 3 is 2.20 bits per heavy atom. The molecule has 1 aliphatic rings. The van der Waals surface area contributed by atoms with Crippen molar-refractivity contribution in [3.63, 3.8) is 0 Å². The van der Waals surface area contributed by atoms with Crippen molar-refractivity contribution in [1.82, 2.24) is 9.80 Å². The molecule has 1 rings (SSSR count). The summed E-state index contributed by atoms with van der Waals surface area (Å²) in [6.07, 6.45) is -0.615. The van der Waals surface area contributed by atoms with Gasteiger partial charge in [-0.2, -0.15) is 0 Å². The van der Waals surface area contributed by atoms with Crippen molar-refractivity contribution in [3.8, 4) is 0 Å². The molecule has 15 heavy (non-hydrogen) atoms. The van der Waals surface area contributed by atoms with Crippen LogP contribution in [0.15, 0.2) is 0 Å². The van der Waals surface area contributed by atoms with Crippen molar-refractivity contribution in [1.29, 1.82) is 0 Å². The summed E-state index contributed by atoms with van der Waals surface area (Å²) in [6.45, 7) is 7.09. The van der Waals surface area contributed by atoms with Gasteiger partial charge in [0.05, 0.1) is 6.10 Å². The monoisotopic (exact) mass is 214 g/mol. The van der Waals surface area contributed by atoms with Gasteiger partial charge in [-0.3, -0.25) is 9.69 Å². The van der Waals surface area contributed by atoms with Gasteiger partial charge in [0.25, 0.3) is 5.91 Å². The first-order valence-electron chi connectivity index (χ1n) is 5.18. The number of urea groups is 1. The quantitative estimate of drug-likeness (QED) is 0.693. The zero-order valence-corrected chi connectivity index (χ0v) is 9.60. The lowest BCUT2D eigenvalue weighted by molar-refractivity contribution is -0.129. The van der Waals surface area contributed by atoms with Gasteiger partial charge in [0.2, 0.25) is 0 Å². The lowest BCUT2D eigenvalue weighted by Crippen LogP contribution is -2.40. The SMILES string of the molecule is CC(O)CN1C(=O)N(C(C)C)C(=O)C1C. The molecule has 1 aliphatic heterocycles. The van der Waals surface area contributed by atoms with Crippen molar-refractivity contribution >= 4 is 11.9 Å². The molecule has 1 N–H and O–H groups in total. The van der Waals surface area contributed by atoms with E-state index in [4.69, 9.17) is 0 Å². The first kappa shape index (κ1) is 12.0. The van der Waals surface area contributed by atoms with Gasteiger partial charge < -0.3 is 10.0 Å². The van der Waals surface area contributed by atoms with Crippen LogP contribution in [-0.4, -0.2) is 51.6 Å². The van der Waals surface area contributed by atoms with Crippen LogP contribution >= 0.6 is 0 Å². The summed E-state index contributed by atoms with van der Waals surface area (Å²) in [5.74, 6) is -0.185. The van der Waals surface area contributed by atoms with Gasteiger partial charge in [-0.05, 0) is 27.7 Å². The van der Waals surface area contributed by atoms with E-state index >= 15 is 0 Å². The highest BCUT2D eigenvalue weighted by atomic mass is 16.3. The molecule has 2 unspecified atom stereocenters. The van der Waals surface area contributed by atoms with E-state index in [1.807, 2.05) is 0 Å². The zero-order chi connectivity index (χ0) is 11.7. The first-order valence-corrected chi connectivity index (χ1v) is 5.18. The van der Waals surface area contributed by atoms with E-state index in [1.54, 1.807) is 27.7 Å². The minimum Gasteiger partial charge on any atom is -0.392 e. The third-order valence-electron chi connectivity index (χ3n) is 2.49. The van der Waals surface area contributed by atoms with E-state index in [0.717, 1.165) is 0 Å². The van der Waals surface area contributed by atoms with Gasteiger partial charge in [0.1, 0.15) is 6.04 Å². The molecule has 5 heteroatoms. The molecule has 0 aromatic carbocycles. The summed E-state index contributed by atoms with van der Waals surface area (Å²) >= 11 is 0. The Labute approximate surface area is 89.7 Å².